The molecule has 0 aliphatic rings. The second kappa shape index (κ2) is 7.10. The van der Waals surface area contributed by atoms with Crippen LogP contribution in [0.4, 0.5) is 18.9 Å². The number of anilines is 1. The lowest BCUT2D eigenvalue weighted by atomic mass is 10.1. The summed E-state index contributed by atoms with van der Waals surface area (Å²) in [5, 5.41) is 8.68. The van der Waals surface area contributed by atoms with Gasteiger partial charge in [-0.25, -0.2) is 13.2 Å². The molecule has 1 N–H and O–H groups in total. The Bertz CT molecular complexity index is 547. The maximum Gasteiger partial charge on any atom is 0.305 e. The average Bonchev–Trinajstić information content (AvgIpc) is 2.37. The average molecular weight is 303 g/mol. The third-order valence-electron chi connectivity index (χ3n) is 2.74. The fraction of sp³-hybridized carbons (Fsp3) is 0.429. The maximum absolute atomic E-state index is 13.8. The number of benzene rings is 1. The number of halogens is 3. The Morgan fingerprint density at radius 1 is 1.19 bits per heavy atom. The third-order valence-corrected chi connectivity index (χ3v) is 2.74. The smallest absolute Gasteiger partial charge is 0.305 e. The van der Waals surface area contributed by atoms with E-state index in [1.54, 1.807) is 13.8 Å². The highest BCUT2D eigenvalue weighted by molar-refractivity contribution is 5.94. The van der Waals surface area contributed by atoms with E-state index >= 15 is 0 Å². The quantitative estimate of drug-likeness (QED) is 0.822. The molecule has 4 nitrogen and oxygen atoms in total. The first-order valence-corrected chi connectivity index (χ1v) is 6.39. The summed E-state index contributed by atoms with van der Waals surface area (Å²) >= 11 is 0. The standard InChI is InChI=1S/C14H16F3NO3/c1-8(2)7-11(19)18(6-5-12(20)21)10-4-3-9(15)13(16)14(10)17/h3-4,8H,5-7H2,1-2H3,(H,20,21). The largest absolute Gasteiger partial charge is 0.481 e. The molecule has 0 aliphatic heterocycles. The molecule has 0 unspecified atom stereocenters. The Labute approximate surface area is 120 Å². The van der Waals surface area contributed by atoms with Crippen LogP contribution in [0.3, 0.4) is 0 Å². The van der Waals surface area contributed by atoms with Crippen LogP contribution in [-0.2, 0) is 9.59 Å². The van der Waals surface area contributed by atoms with E-state index in [4.69, 9.17) is 5.11 Å². The Kier molecular flexibility index (Phi) is 5.75. The number of rotatable bonds is 6. The number of carboxylic acids is 1. The van der Waals surface area contributed by atoms with Crippen LogP contribution in [0.2, 0.25) is 0 Å². The fourth-order valence-electron chi connectivity index (χ4n) is 1.77. The molecule has 0 radical (unpaired) electrons. The first-order chi connectivity index (χ1) is 9.73. The van der Waals surface area contributed by atoms with Crippen LogP contribution in [-0.4, -0.2) is 23.5 Å². The van der Waals surface area contributed by atoms with Crippen molar-refractivity contribution in [3.8, 4) is 0 Å². The minimum absolute atomic E-state index is 0.0397. The predicted octanol–water partition coefficient (Wildman–Crippen LogP) is 2.96. The van der Waals surface area contributed by atoms with Crippen molar-refractivity contribution in [3.05, 3.63) is 29.6 Å². The van der Waals surface area contributed by atoms with E-state index in [1.165, 1.54) is 0 Å². The number of nitrogens with zero attached hydrogens (tertiary/aromatic N) is 1. The molecule has 1 rings (SSSR count). The van der Waals surface area contributed by atoms with Crippen molar-refractivity contribution in [2.45, 2.75) is 26.7 Å². The highest BCUT2D eigenvalue weighted by Gasteiger charge is 2.24. The number of carbonyl (C=O) groups excluding carboxylic acids is 1. The number of carboxylic acid groups (broad SMARTS) is 1. The molecule has 0 saturated carbocycles. The van der Waals surface area contributed by atoms with Crippen molar-refractivity contribution in [1.82, 2.24) is 0 Å². The molecule has 1 amide bonds. The molecule has 0 aliphatic carbocycles. The number of hydrogen-bond acceptors (Lipinski definition) is 2. The number of carbonyl (C=O) groups is 2. The Balaban J connectivity index is 3.14. The fourth-order valence-corrected chi connectivity index (χ4v) is 1.77. The minimum atomic E-state index is -1.69. The molecule has 21 heavy (non-hydrogen) atoms. The van der Waals surface area contributed by atoms with Gasteiger partial charge in [0.05, 0.1) is 12.1 Å². The lowest BCUT2D eigenvalue weighted by Gasteiger charge is -2.23. The van der Waals surface area contributed by atoms with Gasteiger partial charge < -0.3 is 10.0 Å². The van der Waals surface area contributed by atoms with Crippen LogP contribution in [0.5, 0.6) is 0 Å². The predicted molar refractivity (Wildman–Crippen MR) is 70.4 cm³/mol. The second-order valence-corrected chi connectivity index (χ2v) is 4.98. The van der Waals surface area contributed by atoms with E-state index in [1.807, 2.05) is 0 Å². The monoisotopic (exact) mass is 303 g/mol. The summed E-state index contributed by atoms with van der Waals surface area (Å²) in [5.41, 5.74) is -0.458. The van der Waals surface area contributed by atoms with Gasteiger partial charge in [0.2, 0.25) is 5.91 Å². The zero-order valence-corrected chi connectivity index (χ0v) is 11.7. The van der Waals surface area contributed by atoms with Crippen LogP contribution < -0.4 is 4.90 Å². The molecular weight excluding hydrogens is 287 g/mol. The van der Waals surface area contributed by atoms with Crippen molar-refractivity contribution >= 4 is 17.6 Å². The molecule has 1 aromatic rings. The van der Waals surface area contributed by atoms with Crippen molar-refractivity contribution < 1.29 is 27.9 Å². The summed E-state index contributed by atoms with van der Waals surface area (Å²) in [6.07, 6.45) is -0.389. The Hall–Kier alpha value is -2.05. The van der Waals surface area contributed by atoms with E-state index in [0.29, 0.717) is 6.07 Å². The van der Waals surface area contributed by atoms with Crippen molar-refractivity contribution in [2.75, 3.05) is 11.4 Å². The number of amides is 1. The van der Waals surface area contributed by atoms with Crippen molar-refractivity contribution in [1.29, 1.82) is 0 Å². The molecule has 0 spiro atoms. The van der Waals surface area contributed by atoms with Gasteiger partial charge >= 0.3 is 5.97 Å². The maximum atomic E-state index is 13.8. The molecule has 7 heteroatoms. The highest BCUT2D eigenvalue weighted by Crippen LogP contribution is 2.25. The molecule has 0 heterocycles. The SMILES string of the molecule is CC(C)CC(=O)N(CCC(=O)O)c1ccc(F)c(F)c1F. The molecule has 0 atom stereocenters. The molecule has 0 aromatic heterocycles. The van der Waals surface area contributed by atoms with Crippen LogP contribution in [0.15, 0.2) is 12.1 Å². The molecule has 0 fully saturated rings. The first-order valence-electron chi connectivity index (χ1n) is 6.39. The van der Waals surface area contributed by atoms with Gasteiger partial charge in [-0.3, -0.25) is 9.59 Å². The van der Waals surface area contributed by atoms with Crippen LogP contribution in [0.25, 0.3) is 0 Å². The summed E-state index contributed by atoms with van der Waals surface area (Å²) < 4.78 is 40.0. The van der Waals surface area contributed by atoms with Crippen molar-refractivity contribution in [2.24, 2.45) is 5.92 Å². The summed E-state index contributed by atoms with van der Waals surface area (Å²) in [6, 6.07) is 1.62. The summed E-state index contributed by atoms with van der Waals surface area (Å²) in [5.74, 6) is -6.33. The second-order valence-electron chi connectivity index (χ2n) is 4.98. The van der Waals surface area contributed by atoms with Crippen molar-refractivity contribution in [3.63, 3.8) is 0 Å². The van der Waals surface area contributed by atoms with E-state index in [2.05, 4.69) is 0 Å². The topological polar surface area (TPSA) is 57.6 Å². The summed E-state index contributed by atoms with van der Waals surface area (Å²) in [7, 11) is 0. The Morgan fingerprint density at radius 3 is 2.33 bits per heavy atom. The van der Waals surface area contributed by atoms with Crippen LogP contribution >= 0.6 is 0 Å². The minimum Gasteiger partial charge on any atom is -0.481 e. The molecule has 1 aromatic carbocycles. The van der Waals surface area contributed by atoms with Gasteiger partial charge in [0.1, 0.15) is 0 Å². The van der Waals surface area contributed by atoms with E-state index in [9.17, 15) is 22.8 Å². The molecule has 116 valence electrons. The van der Waals surface area contributed by atoms with Gasteiger partial charge in [-0.1, -0.05) is 13.8 Å². The lowest BCUT2D eigenvalue weighted by molar-refractivity contribution is -0.136. The first kappa shape index (κ1) is 17.0. The van der Waals surface area contributed by atoms with Gasteiger partial charge in [0, 0.05) is 13.0 Å². The van der Waals surface area contributed by atoms with Gasteiger partial charge in [0.25, 0.3) is 0 Å². The van der Waals surface area contributed by atoms with Gasteiger partial charge in [0.15, 0.2) is 17.5 Å². The molecule has 0 bridgehead atoms. The van der Waals surface area contributed by atoms with Crippen LogP contribution in [0.1, 0.15) is 26.7 Å². The molecule has 0 saturated heterocycles. The third kappa shape index (κ3) is 4.47. The van der Waals surface area contributed by atoms with E-state index in [-0.39, 0.29) is 18.9 Å². The normalized spacial score (nSPS) is 10.8. The van der Waals surface area contributed by atoms with Gasteiger partial charge in [-0.15, -0.1) is 0 Å². The highest BCUT2D eigenvalue weighted by atomic mass is 19.2. The number of aliphatic carboxylic acids is 1. The Morgan fingerprint density at radius 2 is 1.81 bits per heavy atom. The van der Waals surface area contributed by atoms with Gasteiger partial charge in [-0.05, 0) is 18.1 Å². The zero-order valence-electron chi connectivity index (χ0n) is 11.7. The zero-order chi connectivity index (χ0) is 16.2. The summed E-state index contributed by atoms with van der Waals surface area (Å²) in [6.45, 7) is 3.20. The van der Waals surface area contributed by atoms with Gasteiger partial charge in [-0.2, -0.15) is 0 Å². The molecular formula is C14H16F3NO3. The van der Waals surface area contributed by atoms with E-state index in [0.717, 1.165) is 11.0 Å². The lowest BCUT2D eigenvalue weighted by Crippen LogP contribution is -2.34. The number of hydrogen-bond donors (Lipinski definition) is 1. The van der Waals surface area contributed by atoms with Crippen LogP contribution in [0, 0.1) is 23.4 Å². The van der Waals surface area contributed by atoms with E-state index < -0.39 is 41.4 Å². The summed E-state index contributed by atoms with van der Waals surface area (Å²) in [4.78, 5) is 23.5.